The molecule has 0 saturated carbocycles. The lowest BCUT2D eigenvalue weighted by molar-refractivity contribution is -0.121. The van der Waals surface area contributed by atoms with Crippen molar-refractivity contribution in [1.29, 1.82) is 0 Å². The number of aromatic nitrogens is 2. The van der Waals surface area contributed by atoms with Crippen molar-refractivity contribution in [3.8, 4) is 11.4 Å². The van der Waals surface area contributed by atoms with Crippen LogP contribution in [0.25, 0.3) is 11.4 Å². The summed E-state index contributed by atoms with van der Waals surface area (Å²) in [6, 6.07) is 15.1. The van der Waals surface area contributed by atoms with Crippen LogP contribution in [0.3, 0.4) is 0 Å². The summed E-state index contributed by atoms with van der Waals surface area (Å²) >= 11 is 0. The van der Waals surface area contributed by atoms with E-state index in [4.69, 9.17) is 4.52 Å². The molecule has 2 N–H and O–H groups in total. The molecule has 0 radical (unpaired) electrons. The Hall–Kier alpha value is -3.48. The predicted molar refractivity (Wildman–Crippen MR) is 109 cm³/mol. The number of nitrogens with zero attached hydrogens (tertiary/aromatic N) is 2. The van der Waals surface area contributed by atoms with Gasteiger partial charge in [-0.1, -0.05) is 61.5 Å². The molecular weight excluding hydrogens is 368 g/mol. The third kappa shape index (κ3) is 5.28. The normalized spacial score (nSPS) is 10.8. The number of aryl methyl sites for hydroxylation is 2. The smallest absolute Gasteiger partial charge is 0.269 e. The molecule has 29 heavy (non-hydrogen) atoms. The summed E-state index contributed by atoms with van der Waals surface area (Å²) < 4.78 is 5.23. The van der Waals surface area contributed by atoms with Gasteiger partial charge in [0.15, 0.2) is 0 Å². The monoisotopic (exact) mass is 392 g/mol. The van der Waals surface area contributed by atoms with Crippen molar-refractivity contribution in [2.75, 3.05) is 0 Å². The molecule has 0 saturated heterocycles. The quantitative estimate of drug-likeness (QED) is 0.625. The summed E-state index contributed by atoms with van der Waals surface area (Å²) in [5, 5.41) is 3.97. The van der Waals surface area contributed by atoms with Gasteiger partial charge in [0.25, 0.3) is 5.91 Å². The van der Waals surface area contributed by atoms with Crippen molar-refractivity contribution in [1.82, 2.24) is 21.0 Å². The van der Waals surface area contributed by atoms with Crippen molar-refractivity contribution in [3.63, 3.8) is 0 Å². The first-order chi connectivity index (χ1) is 13.9. The van der Waals surface area contributed by atoms with E-state index < -0.39 is 0 Å². The van der Waals surface area contributed by atoms with E-state index in [2.05, 4.69) is 34.8 Å². The molecule has 1 aromatic heterocycles. The molecule has 0 aliphatic carbocycles. The van der Waals surface area contributed by atoms with Crippen LogP contribution in [-0.2, 0) is 11.2 Å². The zero-order chi connectivity index (χ0) is 20.8. The predicted octanol–water partition coefficient (Wildman–Crippen LogP) is 3.56. The fourth-order valence-electron chi connectivity index (χ4n) is 2.80. The molecule has 7 nitrogen and oxygen atoms in total. The lowest BCUT2D eigenvalue weighted by Gasteiger charge is -2.08. The lowest BCUT2D eigenvalue weighted by Crippen LogP contribution is -2.41. The summed E-state index contributed by atoms with van der Waals surface area (Å²) in [6.45, 7) is 6.10. The van der Waals surface area contributed by atoms with Gasteiger partial charge in [0, 0.05) is 24.0 Å². The second-order valence-electron chi connectivity index (χ2n) is 7.11. The number of hydrogen-bond acceptors (Lipinski definition) is 5. The third-order valence-corrected chi connectivity index (χ3v) is 4.57. The van der Waals surface area contributed by atoms with Gasteiger partial charge in [0.05, 0.1) is 0 Å². The van der Waals surface area contributed by atoms with Crippen LogP contribution in [0.2, 0.25) is 0 Å². The fraction of sp³-hybridized carbons (Fsp3) is 0.273. The second kappa shape index (κ2) is 9.14. The standard InChI is InChI=1S/C22H24N4O3/c1-14(2)16-8-10-17(11-9-16)21-23-20(29-26-21)13-12-19(27)24-25-22(28)18-7-5-4-6-15(18)3/h4-11,14H,12-13H2,1-3H3,(H,24,27)(H,25,28). The van der Waals surface area contributed by atoms with E-state index in [1.807, 2.05) is 43.3 Å². The number of nitrogens with one attached hydrogen (secondary N) is 2. The van der Waals surface area contributed by atoms with Crippen LogP contribution in [0.5, 0.6) is 0 Å². The van der Waals surface area contributed by atoms with Crippen LogP contribution in [0.4, 0.5) is 0 Å². The minimum Gasteiger partial charge on any atom is -0.339 e. The van der Waals surface area contributed by atoms with Crippen molar-refractivity contribution in [2.24, 2.45) is 0 Å². The summed E-state index contributed by atoms with van der Waals surface area (Å²) in [5.41, 5.74) is 8.26. The average molecular weight is 392 g/mol. The van der Waals surface area contributed by atoms with Crippen LogP contribution in [0, 0.1) is 6.92 Å². The molecule has 2 aromatic carbocycles. The zero-order valence-corrected chi connectivity index (χ0v) is 16.7. The van der Waals surface area contributed by atoms with Gasteiger partial charge in [-0.05, 0) is 30.0 Å². The molecule has 2 amide bonds. The maximum Gasteiger partial charge on any atom is 0.269 e. The van der Waals surface area contributed by atoms with Gasteiger partial charge >= 0.3 is 0 Å². The first-order valence-electron chi connectivity index (χ1n) is 9.51. The molecule has 0 fully saturated rings. The SMILES string of the molecule is Cc1ccccc1C(=O)NNC(=O)CCc1nc(-c2ccc(C(C)C)cc2)no1. The molecule has 0 spiro atoms. The highest BCUT2D eigenvalue weighted by atomic mass is 16.5. The van der Waals surface area contributed by atoms with E-state index >= 15 is 0 Å². The molecule has 0 aliphatic rings. The highest BCUT2D eigenvalue weighted by Gasteiger charge is 2.13. The minimum atomic E-state index is -0.360. The van der Waals surface area contributed by atoms with Crippen molar-refractivity contribution < 1.29 is 14.1 Å². The molecular formula is C22H24N4O3. The molecule has 3 aromatic rings. The largest absolute Gasteiger partial charge is 0.339 e. The molecule has 0 unspecified atom stereocenters. The topological polar surface area (TPSA) is 97.1 Å². The Morgan fingerprint density at radius 3 is 2.45 bits per heavy atom. The number of carbonyl (C=O) groups is 2. The molecule has 0 aliphatic heterocycles. The highest BCUT2D eigenvalue weighted by molar-refractivity contribution is 5.96. The zero-order valence-electron chi connectivity index (χ0n) is 16.7. The van der Waals surface area contributed by atoms with Crippen LogP contribution < -0.4 is 10.9 Å². The molecule has 3 rings (SSSR count). The Kier molecular flexibility index (Phi) is 6.39. The molecule has 7 heteroatoms. The molecule has 0 atom stereocenters. The number of hydrogen-bond donors (Lipinski definition) is 2. The second-order valence-corrected chi connectivity index (χ2v) is 7.11. The van der Waals surface area contributed by atoms with Gasteiger partial charge in [0.2, 0.25) is 17.6 Å². The number of carbonyl (C=O) groups excluding carboxylic acids is 2. The van der Waals surface area contributed by atoms with Crippen molar-refractivity contribution in [3.05, 3.63) is 71.1 Å². The summed E-state index contributed by atoms with van der Waals surface area (Å²) in [4.78, 5) is 28.4. The summed E-state index contributed by atoms with van der Waals surface area (Å²) in [7, 11) is 0. The maximum absolute atomic E-state index is 12.1. The molecule has 150 valence electrons. The van der Waals surface area contributed by atoms with Gasteiger partial charge in [0.1, 0.15) is 0 Å². The van der Waals surface area contributed by atoms with E-state index in [1.165, 1.54) is 5.56 Å². The van der Waals surface area contributed by atoms with Gasteiger partial charge in [-0.3, -0.25) is 20.4 Å². The van der Waals surface area contributed by atoms with Crippen LogP contribution in [-0.4, -0.2) is 22.0 Å². The fourth-order valence-corrected chi connectivity index (χ4v) is 2.80. The summed E-state index contributed by atoms with van der Waals surface area (Å²) in [5.74, 6) is 0.612. The highest BCUT2D eigenvalue weighted by Crippen LogP contribution is 2.20. The van der Waals surface area contributed by atoms with E-state index in [9.17, 15) is 9.59 Å². The van der Waals surface area contributed by atoms with Crippen LogP contribution >= 0.6 is 0 Å². The Morgan fingerprint density at radius 1 is 1.03 bits per heavy atom. The van der Waals surface area contributed by atoms with Gasteiger partial charge in [-0.25, -0.2) is 0 Å². The minimum absolute atomic E-state index is 0.113. The van der Waals surface area contributed by atoms with Crippen LogP contribution in [0.15, 0.2) is 53.1 Å². The Labute approximate surface area is 169 Å². The molecule has 0 bridgehead atoms. The summed E-state index contributed by atoms with van der Waals surface area (Å²) in [6.07, 6.45) is 0.394. The Bertz CT molecular complexity index is 993. The van der Waals surface area contributed by atoms with Crippen molar-refractivity contribution in [2.45, 2.75) is 39.5 Å². The van der Waals surface area contributed by atoms with E-state index in [1.54, 1.807) is 12.1 Å². The number of amides is 2. The first kappa shape index (κ1) is 20.3. The van der Waals surface area contributed by atoms with Gasteiger partial charge in [-0.2, -0.15) is 4.98 Å². The number of rotatable bonds is 6. The third-order valence-electron chi connectivity index (χ3n) is 4.57. The maximum atomic E-state index is 12.1. The van der Waals surface area contributed by atoms with E-state index in [-0.39, 0.29) is 24.7 Å². The Balaban J connectivity index is 1.49. The van der Waals surface area contributed by atoms with E-state index in [0.29, 0.717) is 23.2 Å². The molecule has 1 heterocycles. The first-order valence-corrected chi connectivity index (χ1v) is 9.51. The van der Waals surface area contributed by atoms with Crippen molar-refractivity contribution >= 4 is 11.8 Å². The van der Waals surface area contributed by atoms with Gasteiger partial charge < -0.3 is 4.52 Å². The average Bonchev–Trinajstić information content (AvgIpc) is 3.20. The van der Waals surface area contributed by atoms with Crippen LogP contribution in [0.1, 0.15) is 53.6 Å². The van der Waals surface area contributed by atoms with Gasteiger partial charge in [-0.15, -0.1) is 0 Å². The number of hydrazine groups is 1. The Morgan fingerprint density at radius 2 is 1.76 bits per heavy atom. The number of benzene rings is 2. The van der Waals surface area contributed by atoms with E-state index in [0.717, 1.165) is 11.1 Å². The lowest BCUT2D eigenvalue weighted by atomic mass is 10.0.